The van der Waals surface area contributed by atoms with Crippen LogP contribution < -0.4 is 4.72 Å². The average Bonchev–Trinajstić information content (AvgIpc) is 2.17. The first kappa shape index (κ1) is 12.8. The van der Waals surface area contributed by atoms with Gasteiger partial charge in [0.25, 0.3) is 0 Å². The van der Waals surface area contributed by atoms with Crippen LogP contribution in [0.1, 0.15) is 18.5 Å². The first-order valence-electron chi connectivity index (χ1n) is 4.26. The zero-order valence-electron chi connectivity index (χ0n) is 8.07. The maximum Gasteiger partial charge on any atom is 0.226 e. The van der Waals surface area contributed by atoms with Crippen LogP contribution in [-0.2, 0) is 10.0 Å². The Kier molecular flexibility index (Phi) is 4.40. The molecule has 0 aliphatic heterocycles. The monoisotopic (exact) mass is 267 g/mol. The Morgan fingerprint density at radius 2 is 2.00 bits per heavy atom. The largest absolute Gasteiger partial charge is 0.226 e. The molecule has 6 heteroatoms. The molecule has 1 aromatic carbocycles. The molecule has 3 nitrogen and oxygen atoms in total. The van der Waals surface area contributed by atoms with Crippen LogP contribution in [0, 0.1) is 0 Å². The van der Waals surface area contributed by atoms with Gasteiger partial charge in [0.15, 0.2) is 0 Å². The summed E-state index contributed by atoms with van der Waals surface area (Å²) in [6.07, 6.45) is 0. The van der Waals surface area contributed by atoms with Crippen LogP contribution in [0.4, 0.5) is 0 Å². The first-order chi connectivity index (χ1) is 6.96. The van der Waals surface area contributed by atoms with Gasteiger partial charge >= 0.3 is 0 Å². The predicted molar refractivity (Wildman–Crippen MR) is 62.6 cm³/mol. The lowest BCUT2D eigenvalue weighted by atomic mass is 10.1. The van der Waals surface area contributed by atoms with Crippen molar-refractivity contribution in [3.8, 4) is 0 Å². The van der Waals surface area contributed by atoms with E-state index < -0.39 is 15.2 Å². The van der Waals surface area contributed by atoms with Crippen molar-refractivity contribution in [2.75, 3.05) is 5.21 Å². The van der Waals surface area contributed by atoms with Crippen molar-refractivity contribution in [3.05, 3.63) is 34.9 Å². The number of halogens is 2. The fourth-order valence-electron chi connectivity index (χ4n) is 1.19. The third kappa shape index (κ3) is 3.65. The third-order valence-electron chi connectivity index (χ3n) is 1.87. The van der Waals surface area contributed by atoms with Crippen LogP contribution in [0.15, 0.2) is 24.3 Å². The fourth-order valence-corrected chi connectivity index (χ4v) is 2.41. The van der Waals surface area contributed by atoms with Crippen LogP contribution in [-0.4, -0.2) is 13.6 Å². The van der Waals surface area contributed by atoms with E-state index in [9.17, 15) is 8.42 Å². The standard InChI is InChI=1S/C9H11Cl2NO2S/c1-7(12-15(13,14)6-10)8-4-2-3-5-9(8)11/h2-5,7,12H,6H2,1H3. The smallest absolute Gasteiger partial charge is 0.211 e. The van der Waals surface area contributed by atoms with Gasteiger partial charge in [-0.15, -0.1) is 11.6 Å². The highest BCUT2D eigenvalue weighted by molar-refractivity contribution is 7.90. The summed E-state index contributed by atoms with van der Waals surface area (Å²) < 4.78 is 24.8. The van der Waals surface area contributed by atoms with Crippen molar-refractivity contribution >= 4 is 33.2 Å². The molecule has 1 rings (SSSR count). The summed E-state index contributed by atoms with van der Waals surface area (Å²) in [6.45, 7) is 1.71. The maximum atomic E-state index is 11.2. The molecule has 0 radical (unpaired) electrons. The molecule has 0 bridgehead atoms. The van der Waals surface area contributed by atoms with E-state index in [-0.39, 0.29) is 6.04 Å². The lowest BCUT2D eigenvalue weighted by molar-refractivity contribution is 0.571. The molecule has 0 saturated heterocycles. The molecule has 84 valence electrons. The Bertz CT molecular complexity index is 433. The van der Waals surface area contributed by atoms with E-state index in [1.807, 2.05) is 0 Å². The second kappa shape index (κ2) is 5.16. The van der Waals surface area contributed by atoms with Gasteiger partial charge < -0.3 is 0 Å². The Hall–Kier alpha value is -0.290. The minimum absolute atomic E-state index is 0.387. The van der Waals surface area contributed by atoms with Crippen molar-refractivity contribution in [2.24, 2.45) is 0 Å². The second-order valence-corrected chi connectivity index (χ2v) is 5.83. The molecule has 1 unspecified atom stereocenters. The SMILES string of the molecule is CC(NS(=O)(=O)CCl)c1ccccc1Cl. The lowest BCUT2D eigenvalue weighted by Gasteiger charge is -2.14. The quantitative estimate of drug-likeness (QED) is 0.853. The Morgan fingerprint density at radius 1 is 1.40 bits per heavy atom. The summed E-state index contributed by atoms with van der Waals surface area (Å²) in [5.74, 6) is 0. The van der Waals surface area contributed by atoms with Crippen LogP contribution in [0.25, 0.3) is 0 Å². The Labute approximate surface area is 99.4 Å². The predicted octanol–water partition coefficient (Wildman–Crippen LogP) is 2.52. The maximum absolute atomic E-state index is 11.2. The van der Waals surface area contributed by atoms with Crippen molar-refractivity contribution in [1.82, 2.24) is 4.72 Å². The van der Waals surface area contributed by atoms with Gasteiger partial charge in [0.05, 0.1) is 0 Å². The van der Waals surface area contributed by atoms with Gasteiger partial charge in [-0.05, 0) is 18.6 Å². The fraction of sp³-hybridized carbons (Fsp3) is 0.333. The summed E-state index contributed by atoms with van der Waals surface area (Å²) in [5.41, 5.74) is 0.729. The molecule has 0 aliphatic rings. The molecule has 0 aliphatic carbocycles. The van der Waals surface area contributed by atoms with Gasteiger partial charge in [0.1, 0.15) is 5.21 Å². The van der Waals surface area contributed by atoms with Gasteiger partial charge in [-0.3, -0.25) is 0 Å². The molecular weight excluding hydrogens is 257 g/mol. The van der Waals surface area contributed by atoms with E-state index in [2.05, 4.69) is 4.72 Å². The zero-order valence-corrected chi connectivity index (χ0v) is 10.4. The topological polar surface area (TPSA) is 46.2 Å². The molecule has 0 aromatic heterocycles. The molecule has 1 aromatic rings. The molecule has 15 heavy (non-hydrogen) atoms. The summed E-state index contributed by atoms with van der Waals surface area (Å²) in [7, 11) is -3.43. The van der Waals surface area contributed by atoms with Crippen LogP contribution >= 0.6 is 23.2 Å². The highest BCUT2D eigenvalue weighted by Crippen LogP contribution is 2.22. The van der Waals surface area contributed by atoms with E-state index >= 15 is 0 Å². The lowest BCUT2D eigenvalue weighted by Crippen LogP contribution is -2.27. The molecule has 0 amide bonds. The van der Waals surface area contributed by atoms with Crippen molar-refractivity contribution in [2.45, 2.75) is 13.0 Å². The number of hydrogen-bond acceptors (Lipinski definition) is 2. The number of rotatable bonds is 4. The number of nitrogens with one attached hydrogen (secondary N) is 1. The summed E-state index contributed by atoms with van der Waals surface area (Å²) >= 11 is 11.2. The summed E-state index contributed by atoms with van der Waals surface area (Å²) in [5, 5.41) is 0.0733. The number of benzene rings is 1. The van der Waals surface area contributed by atoms with Gasteiger partial charge in [0, 0.05) is 11.1 Å². The van der Waals surface area contributed by atoms with Gasteiger partial charge in [-0.2, -0.15) is 0 Å². The molecule has 0 heterocycles. The van der Waals surface area contributed by atoms with Crippen molar-refractivity contribution in [3.63, 3.8) is 0 Å². The number of sulfonamides is 1. The van der Waals surface area contributed by atoms with Crippen LogP contribution in [0.2, 0.25) is 5.02 Å². The third-order valence-corrected chi connectivity index (χ3v) is 4.08. The summed E-state index contributed by atoms with van der Waals surface area (Å²) in [4.78, 5) is 0. The zero-order chi connectivity index (χ0) is 11.5. The Balaban J connectivity index is 2.87. The van der Waals surface area contributed by atoms with Gasteiger partial charge in [-0.25, -0.2) is 13.1 Å². The molecule has 0 saturated carbocycles. The molecule has 0 spiro atoms. The van der Waals surface area contributed by atoms with Crippen LogP contribution in [0.3, 0.4) is 0 Å². The highest BCUT2D eigenvalue weighted by Gasteiger charge is 2.15. The van der Waals surface area contributed by atoms with E-state index in [0.717, 1.165) is 5.56 Å². The van der Waals surface area contributed by atoms with Gasteiger partial charge in [0.2, 0.25) is 10.0 Å². The number of alkyl halides is 1. The van der Waals surface area contributed by atoms with Gasteiger partial charge in [-0.1, -0.05) is 29.8 Å². The second-order valence-electron chi connectivity index (χ2n) is 3.08. The van der Waals surface area contributed by atoms with E-state index in [4.69, 9.17) is 23.2 Å². The highest BCUT2D eigenvalue weighted by atomic mass is 35.5. The van der Waals surface area contributed by atoms with Crippen molar-refractivity contribution in [1.29, 1.82) is 0 Å². The summed E-state index contributed by atoms with van der Waals surface area (Å²) in [6, 6.07) is 6.68. The normalized spacial score (nSPS) is 13.8. The minimum Gasteiger partial charge on any atom is -0.211 e. The van der Waals surface area contributed by atoms with E-state index in [1.54, 1.807) is 31.2 Å². The minimum atomic E-state index is -3.43. The van der Waals surface area contributed by atoms with E-state index in [1.165, 1.54) is 0 Å². The first-order valence-corrected chi connectivity index (χ1v) is 6.83. The molecule has 1 atom stereocenters. The molecule has 0 fully saturated rings. The Morgan fingerprint density at radius 3 is 2.53 bits per heavy atom. The molecular formula is C9H11Cl2NO2S. The number of hydrogen-bond donors (Lipinski definition) is 1. The van der Waals surface area contributed by atoms with Crippen molar-refractivity contribution < 1.29 is 8.42 Å². The molecule has 1 N–H and O–H groups in total. The van der Waals surface area contributed by atoms with Crippen LogP contribution in [0.5, 0.6) is 0 Å². The average molecular weight is 268 g/mol. The van der Waals surface area contributed by atoms with E-state index in [0.29, 0.717) is 5.02 Å².